The summed E-state index contributed by atoms with van der Waals surface area (Å²) in [5.74, 6) is 2.35. The third kappa shape index (κ3) is 5.77. The molecule has 0 aliphatic heterocycles. The highest BCUT2D eigenvalue weighted by molar-refractivity contribution is 5.89. The van der Waals surface area contributed by atoms with Crippen molar-refractivity contribution in [2.45, 2.75) is 13.3 Å². The van der Waals surface area contributed by atoms with Crippen LogP contribution in [0.2, 0.25) is 0 Å². The Morgan fingerprint density at radius 1 is 0.857 bits per heavy atom. The molecule has 2 amide bonds. The third-order valence-corrected chi connectivity index (χ3v) is 4.04. The van der Waals surface area contributed by atoms with E-state index in [2.05, 4.69) is 10.6 Å². The van der Waals surface area contributed by atoms with E-state index in [1.165, 1.54) is 0 Å². The van der Waals surface area contributed by atoms with Crippen molar-refractivity contribution in [3.63, 3.8) is 0 Å². The molecule has 0 spiro atoms. The SMILES string of the molecule is CCOc1ccccc1CCNC(=O)Nc1ccc(Oc2ccccc2)cc1. The number of ether oxygens (including phenoxy) is 2. The van der Waals surface area contributed by atoms with E-state index in [9.17, 15) is 4.79 Å². The molecule has 0 saturated heterocycles. The molecule has 0 aromatic heterocycles. The van der Waals surface area contributed by atoms with E-state index in [1.807, 2.05) is 85.8 Å². The van der Waals surface area contributed by atoms with Gasteiger partial charge in [-0.2, -0.15) is 0 Å². The highest BCUT2D eigenvalue weighted by Gasteiger charge is 2.05. The van der Waals surface area contributed by atoms with Gasteiger partial charge in [-0.1, -0.05) is 36.4 Å². The molecule has 2 N–H and O–H groups in total. The summed E-state index contributed by atoms with van der Waals surface area (Å²) in [7, 11) is 0. The molecule has 3 rings (SSSR count). The molecule has 0 unspecified atom stereocenters. The Balaban J connectivity index is 1.46. The Hall–Kier alpha value is -3.47. The Bertz CT molecular complexity index is 880. The Kier molecular flexibility index (Phi) is 6.90. The fourth-order valence-electron chi connectivity index (χ4n) is 2.72. The Morgan fingerprint density at radius 2 is 1.54 bits per heavy atom. The highest BCUT2D eigenvalue weighted by Crippen LogP contribution is 2.22. The van der Waals surface area contributed by atoms with Crippen LogP contribution >= 0.6 is 0 Å². The number of hydrogen-bond acceptors (Lipinski definition) is 3. The molecule has 0 heterocycles. The summed E-state index contributed by atoms with van der Waals surface area (Å²) in [5.41, 5.74) is 1.78. The number of carbonyl (C=O) groups excluding carboxylic acids is 1. The number of hydrogen-bond donors (Lipinski definition) is 2. The predicted molar refractivity (Wildman–Crippen MR) is 111 cm³/mol. The monoisotopic (exact) mass is 376 g/mol. The summed E-state index contributed by atoms with van der Waals surface area (Å²) < 4.78 is 11.3. The molecule has 0 fully saturated rings. The van der Waals surface area contributed by atoms with Gasteiger partial charge < -0.3 is 20.1 Å². The molecule has 0 aliphatic carbocycles. The van der Waals surface area contributed by atoms with Crippen LogP contribution in [0.1, 0.15) is 12.5 Å². The fourth-order valence-corrected chi connectivity index (χ4v) is 2.72. The van der Waals surface area contributed by atoms with Crippen molar-refractivity contribution >= 4 is 11.7 Å². The van der Waals surface area contributed by atoms with E-state index in [-0.39, 0.29) is 6.03 Å². The summed E-state index contributed by atoms with van der Waals surface area (Å²) >= 11 is 0. The summed E-state index contributed by atoms with van der Waals surface area (Å²) in [6.07, 6.45) is 0.702. The van der Waals surface area contributed by atoms with Crippen LogP contribution in [0.5, 0.6) is 17.2 Å². The number of amides is 2. The van der Waals surface area contributed by atoms with E-state index in [4.69, 9.17) is 9.47 Å². The largest absolute Gasteiger partial charge is 0.494 e. The number of carbonyl (C=O) groups is 1. The van der Waals surface area contributed by atoms with Crippen molar-refractivity contribution in [1.82, 2.24) is 5.32 Å². The number of anilines is 1. The maximum absolute atomic E-state index is 12.1. The first-order valence-corrected chi connectivity index (χ1v) is 9.33. The van der Waals surface area contributed by atoms with Crippen LogP contribution in [-0.4, -0.2) is 19.2 Å². The Morgan fingerprint density at radius 3 is 2.29 bits per heavy atom. The molecular weight excluding hydrogens is 352 g/mol. The maximum atomic E-state index is 12.1. The summed E-state index contributed by atoms with van der Waals surface area (Å²) in [5, 5.41) is 5.69. The highest BCUT2D eigenvalue weighted by atomic mass is 16.5. The second-order valence-corrected chi connectivity index (χ2v) is 6.11. The average molecular weight is 376 g/mol. The van der Waals surface area contributed by atoms with E-state index in [0.29, 0.717) is 31.0 Å². The standard InChI is InChI=1S/C23H24N2O3/c1-2-27-22-11-7-6-8-18(22)16-17-24-23(26)25-19-12-14-21(15-13-19)28-20-9-4-3-5-10-20/h3-15H,2,16-17H2,1H3,(H2,24,25,26). The molecule has 0 aliphatic rings. The third-order valence-electron chi connectivity index (χ3n) is 4.04. The number of rotatable bonds is 8. The molecular formula is C23H24N2O3. The quantitative estimate of drug-likeness (QED) is 0.565. The lowest BCUT2D eigenvalue weighted by Crippen LogP contribution is -2.30. The molecule has 0 bridgehead atoms. The van der Waals surface area contributed by atoms with Crippen LogP contribution in [-0.2, 0) is 6.42 Å². The van der Waals surface area contributed by atoms with Gasteiger partial charge in [-0.25, -0.2) is 4.79 Å². The molecule has 144 valence electrons. The van der Waals surface area contributed by atoms with Gasteiger partial charge in [0.05, 0.1) is 6.61 Å². The van der Waals surface area contributed by atoms with Gasteiger partial charge in [0.2, 0.25) is 0 Å². The molecule has 5 heteroatoms. The van der Waals surface area contributed by atoms with E-state index < -0.39 is 0 Å². The smallest absolute Gasteiger partial charge is 0.319 e. The van der Waals surface area contributed by atoms with E-state index in [1.54, 1.807) is 0 Å². The minimum atomic E-state index is -0.245. The van der Waals surface area contributed by atoms with Crippen molar-refractivity contribution in [2.24, 2.45) is 0 Å². The van der Waals surface area contributed by atoms with Crippen LogP contribution < -0.4 is 20.1 Å². The van der Waals surface area contributed by atoms with Crippen LogP contribution in [0, 0.1) is 0 Å². The van der Waals surface area contributed by atoms with Gasteiger partial charge in [0.15, 0.2) is 0 Å². The van der Waals surface area contributed by atoms with Gasteiger partial charge in [-0.3, -0.25) is 0 Å². The second-order valence-electron chi connectivity index (χ2n) is 6.11. The van der Waals surface area contributed by atoms with Crippen molar-refractivity contribution in [3.05, 3.63) is 84.4 Å². The van der Waals surface area contributed by atoms with Crippen LogP contribution in [0.25, 0.3) is 0 Å². The first-order chi connectivity index (χ1) is 13.7. The zero-order valence-electron chi connectivity index (χ0n) is 15.9. The van der Waals surface area contributed by atoms with Crippen LogP contribution in [0.15, 0.2) is 78.9 Å². The van der Waals surface area contributed by atoms with E-state index >= 15 is 0 Å². The van der Waals surface area contributed by atoms with Gasteiger partial charge in [-0.15, -0.1) is 0 Å². The molecule has 0 radical (unpaired) electrons. The fraction of sp³-hybridized carbons (Fsp3) is 0.174. The average Bonchev–Trinajstić information content (AvgIpc) is 2.72. The molecule has 5 nitrogen and oxygen atoms in total. The van der Waals surface area contributed by atoms with Gasteiger partial charge in [0, 0.05) is 12.2 Å². The topological polar surface area (TPSA) is 59.6 Å². The molecule has 3 aromatic rings. The normalized spacial score (nSPS) is 10.2. The number of benzene rings is 3. The van der Waals surface area contributed by atoms with Gasteiger partial charge in [0.25, 0.3) is 0 Å². The van der Waals surface area contributed by atoms with Crippen LogP contribution in [0.4, 0.5) is 10.5 Å². The van der Waals surface area contributed by atoms with Crippen molar-refractivity contribution in [1.29, 1.82) is 0 Å². The maximum Gasteiger partial charge on any atom is 0.319 e. The first kappa shape index (κ1) is 19.3. The van der Waals surface area contributed by atoms with Gasteiger partial charge >= 0.3 is 6.03 Å². The number of nitrogens with one attached hydrogen (secondary N) is 2. The lowest BCUT2D eigenvalue weighted by atomic mass is 10.1. The molecule has 28 heavy (non-hydrogen) atoms. The van der Waals surface area contributed by atoms with Gasteiger partial charge in [0.1, 0.15) is 17.2 Å². The molecule has 0 atom stereocenters. The van der Waals surface area contributed by atoms with Crippen molar-refractivity contribution in [3.8, 4) is 17.2 Å². The van der Waals surface area contributed by atoms with Crippen molar-refractivity contribution < 1.29 is 14.3 Å². The lowest BCUT2D eigenvalue weighted by molar-refractivity contribution is 0.252. The zero-order valence-corrected chi connectivity index (χ0v) is 15.9. The minimum Gasteiger partial charge on any atom is -0.494 e. The first-order valence-electron chi connectivity index (χ1n) is 9.33. The van der Waals surface area contributed by atoms with Gasteiger partial charge in [-0.05, 0) is 61.4 Å². The lowest BCUT2D eigenvalue weighted by Gasteiger charge is -2.11. The minimum absolute atomic E-state index is 0.245. The van der Waals surface area contributed by atoms with Crippen molar-refractivity contribution in [2.75, 3.05) is 18.5 Å². The zero-order chi connectivity index (χ0) is 19.6. The second kappa shape index (κ2) is 10.0. The summed E-state index contributed by atoms with van der Waals surface area (Å²) in [6, 6.07) is 24.4. The predicted octanol–water partition coefficient (Wildman–Crippen LogP) is 5.24. The number of urea groups is 1. The Labute approximate surface area is 165 Å². The van der Waals surface area contributed by atoms with E-state index in [0.717, 1.165) is 17.1 Å². The van der Waals surface area contributed by atoms with Crippen LogP contribution in [0.3, 0.4) is 0 Å². The molecule has 3 aromatic carbocycles. The number of para-hydroxylation sites is 2. The summed E-state index contributed by atoms with van der Waals surface area (Å²) in [4.78, 5) is 12.1. The molecule has 0 saturated carbocycles. The summed E-state index contributed by atoms with van der Waals surface area (Å²) in [6.45, 7) is 3.10.